The molecule has 3 aromatic rings. The maximum atomic E-state index is 15.8. The molecule has 1 amide bonds. The molecular formula is C31H35F4N5O4. The summed E-state index contributed by atoms with van der Waals surface area (Å²) in [6.07, 6.45) is -1.10. The molecule has 2 atom stereocenters. The topological polar surface area (TPSA) is 89.0 Å². The molecular weight excluding hydrogens is 582 g/mol. The van der Waals surface area contributed by atoms with Crippen LogP contribution in [0.2, 0.25) is 0 Å². The number of carbonyl (C=O) groups is 1. The summed E-state index contributed by atoms with van der Waals surface area (Å²) >= 11 is 0. The predicted molar refractivity (Wildman–Crippen MR) is 157 cm³/mol. The fourth-order valence-corrected chi connectivity index (χ4v) is 5.47. The molecule has 1 N–H and O–H groups in total. The molecule has 2 saturated heterocycles. The summed E-state index contributed by atoms with van der Waals surface area (Å²) in [4.78, 5) is 25.7. The lowest BCUT2D eigenvalue weighted by molar-refractivity contribution is -0.138. The van der Waals surface area contributed by atoms with Crippen LogP contribution in [0.25, 0.3) is 11.1 Å². The molecule has 2 aliphatic heterocycles. The van der Waals surface area contributed by atoms with E-state index in [9.17, 15) is 18.0 Å². The van der Waals surface area contributed by atoms with Crippen molar-refractivity contribution < 1.29 is 36.6 Å². The first kappa shape index (κ1) is 31.5. The third-order valence-corrected chi connectivity index (χ3v) is 8.18. The number of benzene rings is 1. The minimum absolute atomic E-state index is 0.0256. The number of nitrogens with one attached hydrogen (secondary N) is 1. The van der Waals surface area contributed by atoms with Gasteiger partial charge in [0.15, 0.2) is 0 Å². The van der Waals surface area contributed by atoms with E-state index >= 15 is 4.39 Å². The highest BCUT2D eigenvalue weighted by atomic mass is 19.4. The summed E-state index contributed by atoms with van der Waals surface area (Å²) in [6, 6.07) is 6.89. The monoisotopic (exact) mass is 617 g/mol. The number of anilines is 2. The third kappa shape index (κ3) is 6.88. The van der Waals surface area contributed by atoms with Gasteiger partial charge < -0.3 is 24.4 Å². The van der Waals surface area contributed by atoms with Gasteiger partial charge in [-0.1, -0.05) is 0 Å². The third-order valence-electron chi connectivity index (χ3n) is 8.18. The number of hydrogen-bond acceptors (Lipinski definition) is 8. The van der Waals surface area contributed by atoms with E-state index in [0.717, 1.165) is 19.0 Å². The van der Waals surface area contributed by atoms with Gasteiger partial charge in [0.2, 0.25) is 11.8 Å². The van der Waals surface area contributed by atoms with Crippen LogP contribution in [0, 0.1) is 5.82 Å². The molecule has 13 heteroatoms. The average molecular weight is 618 g/mol. The van der Waals surface area contributed by atoms with Gasteiger partial charge >= 0.3 is 6.18 Å². The van der Waals surface area contributed by atoms with Crippen molar-refractivity contribution in [1.29, 1.82) is 0 Å². The lowest BCUT2D eigenvalue weighted by Crippen LogP contribution is -2.55. The van der Waals surface area contributed by atoms with Gasteiger partial charge in [0.05, 0.1) is 42.8 Å². The molecule has 1 aromatic carbocycles. The van der Waals surface area contributed by atoms with Crippen molar-refractivity contribution in [3.63, 3.8) is 0 Å². The second-order valence-electron chi connectivity index (χ2n) is 11.2. The van der Waals surface area contributed by atoms with Crippen LogP contribution in [-0.2, 0) is 10.9 Å². The van der Waals surface area contributed by atoms with Crippen molar-refractivity contribution in [3.05, 3.63) is 59.7 Å². The number of likely N-dealkylation sites (N-methyl/N-ethyl adjacent to an activating group) is 1. The molecule has 2 aliphatic rings. The average Bonchev–Trinajstić information content (AvgIpc) is 3.00. The van der Waals surface area contributed by atoms with Gasteiger partial charge in [-0.05, 0) is 39.1 Å². The summed E-state index contributed by atoms with van der Waals surface area (Å²) in [5.74, 6) is -1.51. The highest BCUT2D eigenvalue weighted by molar-refractivity contribution is 6.07. The normalized spacial score (nSPS) is 20.0. The Labute approximate surface area is 253 Å². The zero-order valence-corrected chi connectivity index (χ0v) is 24.9. The molecule has 0 radical (unpaired) electrons. The zero-order chi connectivity index (χ0) is 31.6. The van der Waals surface area contributed by atoms with E-state index in [0.29, 0.717) is 49.5 Å². The van der Waals surface area contributed by atoms with Gasteiger partial charge in [-0.2, -0.15) is 13.2 Å². The number of rotatable bonds is 7. The molecule has 5 rings (SSSR count). The standard InChI is InChI=1S/C31H35F4N5O4/c1-18-16-40(17-19(2)39(18)3)27-13-25(32)22(20-5-6-28(36-14-20)44-21-7-9-43-10-8-21)11-26(27)38-30(41)23-15-37-29(42-4)12-24(23)31(33,34)35/h5-6,11-15,18-19,21H,7-10,16-17H2,1-4H3,(H,38,41)/t18-,19+. The van der Waals surface area contributed by atoms with Crippen molar-refractivity contribution in [1.82, 2.24) is 14.9 Å². The first-order chi connectivity index (χ1) is 20.9. The van der Waals surface area contributed by atoms with Gasteiger partial charge in [-0.3, -0.25) is 9.69 Å². The number of alkyl halides is 3. The van der Waals surface area contributed by atoms with Crippen LogP contribution in [0.4, 0.5) is 28.9 Å². The Morgan fingerprint density at radius 2 is 1.70 bits per heavy atom. The summed E-state index contributed by atoms with van der Waals surface area (Å²) < 4.78 is 73.7. The molecule has 0 saturated carbocycles. The van der Waals surface area contributed by atoms with E-state index in [4.69, 9.17) is 14.2 Å². The lowest BCUT2D eigenvalue weighted by atomic mass is 10.0. The lowest BCUT2D eigenvalue weighted by Gasteiger charge is -2.44. The van der Waals surface area contributed by atoms with E-state index in [-0.39, 0.29) is 35.3 Å². The smallest absolute Gasteiger partial charge is 0.417 e. The van der Waals surface area contributed by atoms with Crippen molar-refractivity contribution in [2.75, 3.05) is 50.7 Å². The fourth-order valence-electron chi connectivity index (χ4n) is 5.47. The van der Waals surface area contributed by atoms with E-state index in [1.54, 1.807) is 12.1 Å². The van der Waals surface area contributed by atoms with E-state index in [1.165, 1.54) is 25.4 Å². The minimum Gasteiger partial charge on any atom is -0.481 e. The summed E-state index contributed by atoms with van der Waals surface area (Å²) in [7, 11) is 3.18. The molecule has 9 nitrogen and oxygen atoms in total. The van der Waals surface area contributed by atoms with Crippen LogP contribution in [-0.4, -0.2) is 79.4 Å². The van der Waals surface area contributed by atoms with E-state index in [2.05, 4.69) is 20.2 Å². The Hall–Kier alpha value is -3.97. The SMILES string of the molecule is COc1cc(C(F)(F)F)c(C(=O)Nc2cc(-c3ccc(OC4CCOCC4)nc3)c(F)cc2N2C[C@@H](C)N(C)[C@@H](C)C2)cn1. The Balaban J connectivity index is 1.51. The molecule has 0 spiro atoms. The number of methoxy groups -OCH3 is 1. The number of halogens is 4. The number of ether oxygens (including phenoxy) is 3. The van der Waals surface area contributed by atoms with Gasteiger partial charge in [0.1, 0.15) is 11.9 Å². The number of piperazine rings is 1. The van der Waals surface area contributed by atoms with Crippen LogP contribution >= 0.6 is 0 Å². The van der Waals surface area contributed by atoms with Crippen molar-refractivity contribution in [2.45, 2.75) is 51.1 Å². The number of nitrogens with zero attached hydrogens (tertiary/aromatic N) is 4. The van der Waals surface area contributed by atoms with Crippen molar-refractivity contribution >= 4 is 17.3 Å². The molecule has 44 heavy (non-hydrogen) atoms. The highest BCUT2D eigenvalue weighted by Gasteiger charge is 2.37. The first-order valence-corrected chi connectivity index (χ1v) is 14.4. The fraction of sp³-hybridized carbons (Fsp3) is 0.452. The molecule has 2 aromatic heterocycles. The Kier molecular flexibility index (Phi) is 9.26. The van der Waals surface area contributed by atoms with E-state index in [1.807, 2.05) is 25.8 Å². The van der Waals surface area contributed by atoms with E-state index < -0.39 is 29.0 Å². The number of hydrogen-bond donors (Lipinski definition) is 1. The van der Waals surface area contributed by atoms with Gasteiger partial charge in [0.25, 0.3) is 5.91 Å². The molecule has 0 aliphatic carbocycles. The Bertz CT molecular complexity index is 1470. The molecule has 236 valence electrons. The molecule has 0 bridgehead atoms. The Morgan fingerprint density at radius 1 is 1.02 bits per heavy atom. The van der Waals surface area contributed by atoms with Crippen molar-refractivity contribution in [2.24, 2.45) is 0 Å². The van der Waals surface area contributed by atoms with Crippen LogP contribution in [0.5, 0.6) is 11.8 Å². The van der Waals surface area contributed by atoms with Gasteiger partial charge in [-0.15, -0.1) is 0 Å². The Morgan fingerprint density at radius 3 is 2.32 bits per heavy atom. The number of pyridine rings is 2. The van der Waals surface area contributed by atoms with Crippen LogP contribution < -0.4 is 19.7 Å². The quantitative estimate of drug-likeness (QED) is 0.341. The maximum absolute atomic E-state index is 15.8. The first-order valence-electron chi connectivity index (χ1n) is 14.4. The van der Waals surface area contributed by atoms with Gasteiger partial charge in [0, 0.05) is 73.7 Å². The van der Waals surface area contributed by atoms with Crippen LogP contribution in [0.15, 0.2) is 42.7 Å². The molecule has 0 unspecified atom stereocenters. The number of carbonyl (C=O) groups excluding carboxylic acids is 1. The predicted octanol–water partition coefficient (Wildman–Crippen LogP) is 5.65. The minimum atomic E-state index is -4.85. The second-order valence-corrected chi connectivity index (χ2v) is 11.2. The summed E-state index contributed by atoms with van der Waals surface area (Å²) in [6.45, 7) is 6.30. The highest BCUT2D eigenvalue weighted by Crippen LogP contribution is 2.38. The number of aromatic nitrogens is 2. The summed E-state index contributed by atoms with van der Waals surface area (Å²) in [5.41, 5.74) is -0.849. The maximum Gasteiger partial charge on any atom is 0.417 e. The van der Waals surface area contributed by atoms with Gasteiger partial charge in [-0.25, -0.2) is 14.4 Å². The van der Waals surface area contributed by atoms with Crippen molar-refractivity contribution in [3.8, 4) is 22.9 Å². The zero-order valence-electron chi connectivity index (χ0n) is 24.9. The number of amides is 1. The van der Waals surface area contributed by atoms with Crippen LogP contribution in [0.1, 0.15) is 42.6 Å². The summed E-state index contributed by atoms with van der Waals surface area (Å²) in [5, 5.41) is 2.62. The molecule has 2 fully saturated rings. The second kappa shape index (κ2) is 12.9. The largest absolute Gasteiger partial charge is 0.481 e. The van der Waals surface area contributed by atoms with Crippen LogP contribution in [0.3, 0.4) is 0 Å². The molecule has 4 heterocycles.